The molecule has 13 heavy (non-hydrogen) atoms. The minimum absolute atomic E-state index is 0.264. The highest BCUT2D eigenvalue weighted by atomic mass is 31.2. The summed E-state index contributed by atoms with van der Waals surface area (Å²) in [6.07, 6.45) is -0.476. The van der Waals surface area contributed by atoms with Crippen molar-refractivity contribution in [2.24, 2.45) is 0 Å². The van der Waals surface area contributed by atoms with Gasteiger partial charge in [-0.3, -0.25) is 4.57 Å². The SMILES string of the molecule is [B]CC(C)(C)[B]C(=O)CP(=O)(O)O. The van der Waals surface area contributed by atoms with Crippen LogP contribution in [0.25, 0.3) is 0 Å². The maximum Gasteiger partial charge on any atom is 0.331 e. The van der Waals surface area contributed by atoms with Crippen LogP contribution in [0.4, 0.5) is 0 Å². The molecule has 0 aliphatic heterocycles. The van der Waals surface area contributed by atoms with Crippen LogP contribution in [0.15, 0.2) is 0 Å². The lowest BCUT2D eigenvalue weighted by Crippen LogP contribution is -2.24. The van der Waals surface area contributed by atoms with Crippen LogP contribution >= 0.6 is 7.60 Å². The van der Waals surface area contributed by atoms with Crippen LogP contribution in [0.5, 0.6) is 0 Å². The van der Waals surface area contributed by atoms with E-state index in [2.05, 4.69) is 0 Å². The summed E-state index contributed by atoms with van der Waals surface area (Å²) in [5.74, 6) is 0. The first-order valence-electron chi connectivity index (χ1n) is 3.80. The highest BCUT2D eigenvalue weighted by molar-refractivity contribution is 7.53. The van der Waals surface area contributed by atoms with Crippen molar-refractivity contribution >= 4 is 28.4 Å². The molecule has 0 fully saturated rings. The Bertz CT molecular complexity index is 235. The van der Waals surface area contributed by atoms with Crippen molar-refractivity contribution in [1.29, 1.82) is 0 Å². The Morgan fingerprint density at radius 3 is 2.31 bits per heavy atom. The molecule has 0 aliphatic carbocycles. The first kappa shape index (κ1) is 12.9. The van der Waals surface area contributed by atoms with Gasteiger partial charge in [-0.25, -0.2) is 0 Å². The summed E-state index contributed by atoms with van der Waals surface area (Å²) in [5.41, 5.74) is -0.566. The number of hydrogen-bond acceptors (Lipinski definition) is 2. The first-order valence-corrected chi connectivity index (χ1v) is 5.59. The lowest BCUT2D eigenvalue weighted by Gasteiger charge is -2.20. The summed E-state index contributed by atoms with van der Waals surface area (Å²) in [6, 6.07) is 0. The van der Waals surface area contributed by atoms with E-state index in [9.17, 15) is 9.36 Å². The second-order valence-corrected chi connectivity index (χ2v) is 5.27. The predicted octanol–water partition coefficient (Wildman–Crippen LogP) is 0.180. The third-order valence-corrected chi connectivity index (χ3v) is 2.16. The second kappa shape index (κ2) is 4.45. The molecule has 71 valence electrons. The second-order valence-electron chi connectivity index (χ2n) is 3.63. The Morgan fingerprint density at radius 1 is 1.54 bits per heavy atom. The van der Waals surface area contributed by atoms with Crippen LogP contribution < -0.4 is 0 Å². The van der Waals surface area contributed by atoms with Crippen LogP contribution in [-0.2, 0) is 9.36 Å². The summed E-state index contributed by atoms with van der Waals surface area (Å²) in [5, 5.41) is -0.508. The van der Waals surface area contributed by atoms with Crippen LogP contribution in [0, 0.1) is 0 Å². The van der Waals surface area contributed by atoms with Gasteiger partial charge in [0.15, 0.2) is 0 Å². The van der Waals surface area contributed by atoms with E-state index in [4.69, 9.17) is 17.6 Å². The Morgan fingerprint density at radius 2 is 2.00 bits per heavy atom. The molecule has 0 amide bonds. The highest BCUT2D eigenvalue weighted by Crippen LogP contribution is 2.35. The molecule has 0 atom stereocenters. The molecule has 0 saturated heterocycles. The summed E-state index contributed by atoms with van der Waals surface area (Å²) < 4.78 is 10.4. The van der Waals surface area contributed by atoms with Crippen molar-refractivity contribution in [3.05, 3.63) is 0 Å². The number of hydrogen-bond donors (Lipinski definition) is 2. The maximum absolute atomic E-state index is 11.0. The zero-order valence-corrected chi connectivity index (χ0v) is 8.62. The third-order valence-electron chi connectivity index (χ3n) is 1.44. The van der Waals surface area contributed by atoms with Crippen molar-refractivity contribution in [2.45, 2.75) is 25.5 Å². The van der Waals surface area contributed by atoms with Crippen molar-refractivity contribution in [3.8, 4) is 0 Å². The van der Waals surface area contributed by atoms with E-state index in [1.807, 2.05) is 0 Å². The van der Waals surface area contributed by atoms with Crippen LogP contribution in [0.3, 0.4) is 0 Å². The molecular weight excluding hydrogens is 189 g/mol. The van der Waals surface area contributed by atoms with Gasteiger partial charge in [-0.05, 0) is 0 Å². The summed E-state index contributed by atoms with van der Waals surface area (Å²) in [6.45, 7) is 3.45. The molecule has 0 aromatic carbocycles. The molecule has 4 nitrogen and oxygen atoms in total. The molecule has 0 saturated carbocycles. The molecule has 0 aliphatic rings. The molecule has 0 aromatic heterocycles. The Labute approximate surface area is 79.9 Å². The molecule has 2 N–H and O–H groups in total. The Kier molecular flexibility index (Phi) is 4.43. The van der Waals surface area contributed by atoms with Gasteiger partial charge in [-0.1, -0.05) is 25.5 Å². The van der Waals surface area contributed by atoms with Crippen molar-refractivity contribution in [2.75, 3.05) is 6.16 Å². The van der Waals surface area contributed by atoms with E-state index in [1.165, 1.54) is 7.28 Å². The molecule has 0 unspecified atom stereocenters. The fourth-order valence-corrected chi connectivity index (χ4v) is 1.24. The van der Waals surface area contributed by atoms with Gasteiger partial charge in [0.05, 0.1) is 19.7 Å². The Hall–Kier alpha value is -0.0501. The van der Waals surface area contributed by atoms with Gasteiger partial charge < -0.3 is 14.6 Å². The van der Waals surface area contributed by atoms with Gasteiger partial charge in [0, 0.05) is 0 Å². The monoisotopic (exact) mass is 201 g/mol. The molecule has 0 spiro atoms. The Balaban J connectivity index is 4.11. The summed E-state index contributed by atoms with van der Waals surface area (Å²) in [7, 11) is 2.36. The zero-order valence-electron chi connectivity index (χ0n) is 7.73. The minimum Gasteiger partial charge on any atom is -0.324 e. The van der Waals surface area contributed by atoms with Crippen LogP contribution in [0.1, 0.15) is 13.8 Å². The van der Waals surface area contributed by atoms with Gasteiger partial charge in [0.2, 0.25) is 7.28 Å². The van der Waals surface area contributed by atoms with Crippen molar-refractivity contribution < 1.29 is 19.1 Å². The molecule has 0 bridgehead atoms. The van der Waals surface area contributed by atoms with E-state index in [0.717, 1.165) is 0 Å². The normalized spacial score (nSPS) is 12.6. The van der Waals surface area contributed by atoms with E-state index in [-0.39, 0.29) is 6.32 Å². The molecule has 0 aromatic rings. The van der Waals surface area contributed by atoms with E-state index in [0.29, 0.717) is 0 Å². The largest absolute Gasteiger partial charge is 0.331 e. The number of rotatable bonds is 5. The highest BCUT2D eigenvalue weighted by Gasteiger charge is 2.26. The average Bonchev–Trinajstić information content (AvgIpc) is 1.81. The molecule has 7 heteroatoms. The summed E-state index contributed by atoms with van der Waals surface area (Å²) in [4.78, 5) is 28.0. The molecule has 0 heterocycles. The number of carbonyl (C=O) groups excluding carboxylic acids is 1. The fraction of sp³-hybridized carbons (Fsp3) is 0.833. The molecule has 0 rings (SSSR count). The third kappa shape index (κ3) is 7.05. The lowest BCUT2D eigenvalue weighted by molar-refractivity contribution is -0.110. The summed E-state index contributed by atoms with van der Waals surface area (Å²) >= 11 is 0. The standard InChI is InChI=1S/C6H12B2O4P/c1-6(2,4-7)8-5(9)3-13(10,11)12/h3-4H2,1-2H3,(H2,10,11,12). The first-order chi connectivity index (χ1) is 5.66. The van der Waals surface area contributed by atoms with Gasteiger partial charge in [-0.2, -0.15) is 0 Å². The molecule has 3 radical (unpaired) electrons. The maximum atomic E-state index is 11.0. The van der Waals surface area contributed by atoms with Crippen molar-refractivity contribution in [1.82, 2.24) is 0 Å². The quantitative estimate of drug-likeness (QED) is 0.491. The van der Waals surface area contributed by atoms with Crippen LogP contribution in [0.2, 0.25) is 11.6 Å². The topological polar surface area (TPSA) is 74.6 Å². The zero-order chi connectivity index (χ0) is 10.7. The van der Waals surface area contributed by atoms with Crippen LogP contribution in [-0.4, -0.2) is 36.8 Å². The average molecular weight is 201 g/mol. The van der Waals surface area contributed by atoms with E-state index in [1.54, 1.807) is 13.8 Å². The van der Waals surface area contributed by atoms with Crippen molar-refractivity contribution in [3.63, 3.8) is 0 Å². The van der Waals surface area contributed by atoms with Gasteiger partial charge in [0.1, 0.15) is 0 Å². The van der Waals surface area contributed by atoms with E-state index < -0.39 is 24.8 Å². The molecular formula is C6H12B2O4P. The minimum atomic E-state index is -4.24. The van der Waals surface area contributed by atoms with Gasteiger partial charge >= 0.3 is 7.60 Å². The fourth-order valence-electron chi connectivity index (χ4n) is 0.743. The van der Waals surface area contributed by atoms with E-state index >= 15 is 0 Å². The van der Waals surface area contributed by atoms with Gasteiger partial charge in [0.25, 0.3) is 0 Å². The lowest BCUT2D eigenvalue weighted by atomic mass is 9.48. The predicted molar refractivity (Wildman–Crippen MR) is 52.3 cm³/mol. The smallest absolute Gasteiger partial charge is 0.324 e. The van der Waals surface area contributed by atoms with Gasteiger partial charge in [-0.15, -0.1) is 0 Å². The number of carbonyl (C=O) groups is 1.